The van der Waals surface area contributed by atoms with E-state index in [-0.39, 0.29) is 54.9 Å². The van der Waals surface area contributed by atoms with Crippen molar-refractivity contribution in [3.63, 3.8) is 0 Å². The monoisotopic (exact) mass is 556 g/mol. The van der Waals surface area contributed by atoms with Gasteiger partial charge in [0.05, 0.1) is 24.7 Å². The topological polar surface area (TPSA) is 158 Å². The number of benzene rings is 1. The van der Waals surface area contributed by atoms with Crippen molar-refractivity contribution in [3.05, 3.63) is 39.7 Å². The fourth-order valence-electron chi connectivity index (χ4n) is 7.36. The maximum Gasteiger partial charge on any atom is 0.310 e. The molecule has 0 saturated heterocycles. The minimum absolute atomic E-state index is 0.0678. The van der Waals surface area contributed by atoms with Gasteiger partial charge in [-0.25, -0.2) is 0 Å². The first-order valence-electron chi connectivity index (χ1n) is 14.0. The van der Waals surface area contributed by atoms with Crippen molar-refractivity contribution in [2.75, 3.05) is 6.61 Å². The standard InChI is InChI=1S/C31H40O9/c1-7-8-9-40-21(34)11-17-10-18(15(2)3)19-12-29(5)14-30(6)13-20(33)22(16(4)32)27(37)31(30,39)28(38)24(29)26(36)23(19)25(17)35/h10,15,20,22,33,35,38-39H,7-9,11-14H2,1-6H3. The lowest BCUT2D eigenvalue weighted by Gasteiger charge is -2.58. The number of hydrogen-bond donors (Lipinski definition) is 4. The minimum Gasteiger partial charge on any atom is -0.508 e. The normalized spacial score (nSPS) is 31.5. The number of phenols is 1. The fourth-order valence-corrected chi connectivity index (χ4v) is 7.36. The summed E-state index contributed by atoms with van der Waals surface area (Å²) in [6.07, 6.45) is 0.105. The fraction of sp³-hybridized carbons (Fsp3) is 0.613. The van der Waals surface area contributed by atoms with Gasteiger partial charge in [-0.15, -0.1) is 0 Å². The highest BCUT2D eigenvalue weighted by atomic mass is 16.5. The van der Waals surface area contributed by atoms with Crippen molar-refractivity contribution in [2.45, 2.75) is 97.7 Å². The summed E-state index contributed by atoms with van der Waals surface area (Å²) in [4.78, 5) is 52.5. The van der Waals surface area contributed by atoms with Crippen LogP contribution in [0.2, 0.25) is 0 Å². The summed E-state index contributed by atoms with van der Waals surface area (Å²) in [7, 11) is 0. The molecule has 0 aromatic heterocycles. The molecule has 9 nitrogen and oxygen atoms in total. The minimum atomic E-state index is -2.57. The number of allylic oxidation sites excluding steroid dienone is 1. The number of unbranched alkanes of at least 4 members (excludes halogenated alkanes) is 1. The molecule has 3 aliphatic carbocycles. The molecular formula is C31H40O9. The second kappa shape index (κ2) is 10.1. The Morgan fingerprint density at radius 1 is 1.18 bits per heavy atom. The van der Waals surface area contributed by atoms with Crippen molar-refractivity contribution < 1.29 is 44.3 Å². The molecule has 0 aliphatic heterocycles. The summed E-state index contributed by atoms with van der Waals surface area (Å²) >= 11 is 0. The van der Waals surface area contributed by atoms with Crippen LogP contribution in [0.3, 0.4) is 0 Å². The van der Waals surface area contributed by atoms with E-state index in [1.807, 2.05) is 20.8 Å². The van der Waals surface area contributed by atoms with Crippen LogP contribution in [0.4, 0.5) is 0 Å². The van der Waals surface area contributed by atoms with Crippen LogP contribution in [-0.4, -0.2) is 62.1 Å². The van der Waals surface area contributed by atoms with Crippen LogP contribution in [0.25, 0.3) is 0 Å². The van der Waals surface area contributed by atoms with E-state index in [2.05, 4.69) is 0 Å². The average Bonchev–Trinajstić information content (AvgIpc) is 2.82. The van der Waals surface area contributed by atoms with Crippen LogP contribution < -0.4 is 0 Å². The molecule has 3 aliphatic rings. The lowest BCUT2D eigenvalue weighted by Crippen LogP contribution is -2.68. The number of fused-ring (bicyclic) bond motifs is 3. The smallest absolute Gasteiger partial charge is 0.310 e. The maximum absolute atomic E-state index is 14.2. The summed E-state index contributed by atoms with van der Waals surface area (Å²) in [6, 6.07) is 1.72. The second-order valence-corrected chi connectivity index (χ2v) is 12.7. The molecule has 0 bridgehead atoms. The number of aliphatic hydroxyl groups is 3. The Morgan fingerprint density at radius 2 is 1.82 bits per heavy atom. The molecular weight excluding hydrogens is 516 g/mol. The highest BCUT2D eigenvalue weighted by molar-refractivity contribution is 6.16. The van der Waals surface area contributed by atoms with Crippen LogP contribution in [0.5, 0.6) is 5.75 Å². The molecule has 1 saturated carbocycles. The Hall–Kier alpha value is -3.04. The van der Waals surface area contributed by atoms with Gasteiger partial charge in [-0.1, -0.05) is 47.1 Å². The first kappa shape index (κ1) is 29.9. The number of aliphatic hydroxyl groups excluding tert-OH is 2. The van der Waals surface area contributed by atoms with E-state index in [0.29, 0.717) is 12.0 Å². The van der Waals surface area contributed by atoms with Gasteiger partial charge in [0.1, 0.15) is 23.2 Å². The van der Waals surface area contributed by atoms with E-state index < -0.39 is 63.3 Å². The van der Waals surface area contributed by atoms with Gasteiger partial charge < -0.3 is 25.2 Å². The second-order valence-electron chi connectivity index (χ2n) is 12.7. The van der Waals surface area contributed by atoms with Crippen molar-refractivity contribution >= 4 is 23.3 Å². The number of carbonyl (C=O) groups excluding carboxylic acids is 4. The maximum atomic E-state index is 14.2. The number of hydrogen-bond acceptors (Lipinski definition) is 9. The van der Waals surface area contributed by atoms with E-state index in [9.17, 15) is 39.6 Å². The van der Waals surface area contributed by atoms with Crippen LogP contribution in [0.1, 0.15) is 100 Å². The molecule has 1 fully saturated rings. The average molecular weight is 557 g/mol. The Morgan fingerprint density at radius 3 is 2.40 bits per heavy atom. The van der Waals surface area contributed by atoms with Gasteiger partial charge in [0.2, 0.25) is 0 Å². The van der Waals surface area contributed by atoms with Crippen LogP contribution in [0.15, 0.2) is 17.4 Å². The first-order valence-corrected chi connectivity index (χ1v) is 14.0. The molecule has 4 N–H and O–H groups in total. The predicted octanol–water partition coefficient (Wildman–Crippen LogP) is 3.64. The number of ketones is 3. The molecule has 5 unspecified atom stereocenters. The van der Waals surface area contributed by atoms with E-state index >= 15 is 0 Å². The van der Waals surface area contributed by atoms with Crippen molar-refractivity contribution in [2.24, 2.45) is 16.7 Å². The molecule has 4 rings (SSSR count). The van der Waals surface area contributed by atoms with E-state index in [1.165, 1.54) is 0 Å². The van der Waals surface area contributed by atoms with Gasteiger partial charge in [0.15, 0.2) is 17.2 Å². The third-order valence-corrected chi connectivity index (χ3v) is 9.22. The highest BCUT2D eigenvalue weighted by Crippen LogP contribution is 2.62. The van der Waals surface area contributed by atoms with Crippen molar-refractivity contribution in [1.29, 1.82) is 0 Å². The Balaban J connectivity index is 1.90. The van der Waals surface area contributed by atoms with Gasteiger partial charge in [-0.3, -0.25) is 19.2 Å². The zero-order chi connectivity index (χ0) is 29.9. The molecule has 0 heterocycles. The van der Waals surface area contributed by atoms with Crippen LogP contribution in [0, 0.1) is 16.7 Å². The molecule has 0 radical (unpaired) electrons. The van der Waals surface area contributed by atoms with Crippen LogP contribution in [-0.2, 0) is 32.0 Å². The lowest BCUT2D eigenvalue weighted by molar-refractivity contribution is -0.185. The number of esters is 1. The van der Waals surface area contributed by atoms with E-state index in [4.69, 9.17) is 4.74 Å². The SMILES string of the molecule is CCCCOC(=O)Cc1cc(C(C)C)c2c(c1O)C(=O)C1=C(O)C3(O)C(=O)C(C(C)=O)C(O)CC3(C)CC1(C)C2. The van der Waals surface area contributed by atoms with E-state index in [0.717, 1.165) is 18.9 Å². The Kier molecular flexibility index (Phi) is 7.56. The lowest BCUT2D eigenvalue weighted by atomic mass is 9.46. The van der Waals surface area contributed by atoms with Crippen LogP contribution >= 0.6 is 0 Å². The zero-order valence-electron chi connectivity index (χ0n) is 24.1. The molecule has 1 aromatic carbocycles. The molecule has 0 spiro atoms. The molecule has 5 atom stereocenters. The molecule has 218 valence electrons. The molecule has 40 heavy (non-hydrogen) atoms. The van der Waals surface area contributed by atoms with Gasteiger partial charge >= 0.3 is 5.97 Å². The molecule has 1 aromatic rings. The largest absolute Gasteiger partial charge is 0.508 e. The quantitative estimate of drug-likeness (QED) is 0.223. The highest BCUT2D eigenvalue weighted by Gasteiger charge is 2.69. The number of ether oxygens (including phenoxy) is 1. The zero-order valence-corrected chi connectivity index (χ0v) is 24.1. The predicted molar refractivity (Wildman–Crippen MR) is 145 cm³/mol. The van der Waals surface area contributed by atoms with Gasteiger partial charge in [0, 0.05) is 22.0 Å². The van der Waals surface area contributed by atoms with Gasteiger partial charge in [-0.05, 0) is 49.7 Å². The van der Waals surface area contributed by atoms with Gasteiger partial charge in [-0.2, -0.15) is 0 Å². The molecule has 9 heteroatoms. The summed E-state index contributed by atoms with van der Waals surface area (Å²) in [5, 5.41) is 45.5. The van der Waals surface area contributed by atoms with E-state index in [1.54, 1.807) is 19.9 Å². The molecule has 0 amide bonds. The van der Waals surface area contributed by atoms with Crippen molar-refractivity contribution in [3.8, 4) is 5.75 Å². The number of rotatable bonds is 7. The Bertz CT molecular complexity index is 1320. The van der Waals surface area contributed by atoms with Crippen molar-refractivity contribution in [1.82, 2.24) is 0 Å². The van der Waals surface area contributed by atoms with Gasteiger partial charge in [0.25, 0.3) is 0 Å². The summed E-state index contributed by atoms with van der Waals surface area (Å²) in [5.74, 6) is -5.82. The first-order chi connectivity index (χ1) is 18.5. The number of Topliss-reactive ketones (excluding diaryl/α,β-unsaturated/α-hetero) is 3. The summed E-state index contributed by atoms with van der Waals surface area (Å²) in [5.41, 5.74) is -3.68. The summed E-state index contributed by atoms with van der Waals surface area (Å²) in [6.45, 7) is 10.6. The third kappa shape index (κ3) is 4.29. The Labute approximate surface area is 234 Å². The number of aromatic hydroxyl groups is 1. The number of phenolic OH excluding ortho intramolecular Hbond substituents is 1. The third-order valence-electron chi connectivity index (χ3n) is 9.22. The summed E-state index contributed by atoms with van der Waals surface area (Å²) < 4.78 is 5.26. The number of carbonyl (C=O) groups is 4.